The van der Waals surface area contributed by atoms with Crippen LogP contribution in [-0.4, -0.2) is 25.8 Å². The van der Waals surface area contributed by atoms with Gasteiger partial charge in [-0.05, 0) is 26.0 Å². The molecule has 0 bridgehead atoms. The average molecular weight is 380 g/mol. The number of nitrogens with two attached hydrogens (primary N) is 1. The summed E-state index contributed by atoms with van der Waals surface area (Å²) in [6.45, 7) is 3.77. The minimum atomic E-state index is -0.423. The number of nitrogens with one attached hydrogen (secondary N) is 2. The van der Waals surface area contributed by atoms with Crippen molar-refractivity contribution in [2.75, 3.05) is 11.2 Å². The predicted molar refractivity (Wildman–Crippen MR) is 105 cm³/mol. The van der Waals surface area contributed by atoms with Crippen molar-refractivity contribution in [3.05, 3.63) is 63.1 Å². The smallest absolute Gasteiger partial charge is 0.291 e. The molecule has 136 valence electrons. The number of carbonyl (C=O) groups is 1. The van der Waals surface area contributed by atoms with Crippen LogP contribution in [0.4, 0.5) is 5.13 Å². The van der Waals surface area contributed by atoms with E-state index in [9.17, 15) is 9.59 Å². The van der Waals surface area contributed by atoms with Gasteiger partial charge < -0.3 is 5.73 Å². The zero-order valence-electron chi connectivity index (χ0n) is 14.6. The van der Waals surface area contributed by atoms with Gasteiger partial charge >= 0.3 is 0 Å². The van der Waals surface area contributed by atoms with E-state index in [4.69, 9.17) is 5.73 Å². The molecule has 0 fully saturated rings. The maximum absolute atomic E-state index is 12.8. The largest absolute Gasteiger partial charge is 0.375 e. The van der Waals surface area contributed by atoms with Gasteiger partial charge in [-0.2, -0.15) is 5.10 Å². The summed E-state index contributed by atoms with van der Waals surface area (Å²) in [5.74, 6) is -0.423. The summed E-state index contributed by atoms with van der Waals surface area (Å²) in [6, 6.07) is 8.79. The molecule has 0 radical (unpaired) electrons. The summed E-state index contributed by atoms with van der Waals surface area (Å²) in [5, 5.41) is 9.59. The molecule has 8 nitrogen and oxygen atoms in total. The van der Waals surface area contributed by atoms with Gasteiger partial charge in [0.05, 0.1) is 11.1 Å². The lowest BCUT2D eigenvalue weighted by Gasteiger charge is -2.12. The third-order valence-corrected chi connectivity index (χ3v) is 5.03. The van der Waals surface area contributed by atoms with Crippen LogP contribution in [0.15, 0.2) is 40.5 Å². The first-order valence-electron chi connectivity index (χ1n) is 8.15. The maximum Gasteiger partial charge on any atom is 0.291 e. The summed E-state index contributed by atoms with van der Waals surface area (Å²) in [4.78, 5) is 29.1. The fourth-order valence-corrected chi connectivity index (χ4v) is 3.61. The van der Waals surface area contributed by atoms with E-state index in [1.807, 2.05) is 25.3 Å². The Morgan fingerprint density at radius 3 is 2.70 bits per heavy atom. The van der Waals surface area contributed by atoms with E-state index in [-0.39, 0.29) is 11.3 Å². The van der Waals surface area contributed by atoms with E-state index in [2.05, 4.69) is 20.6 Å². The minimum Gasteiger partial charge on any atom is -0.375 e. The number of hydrogen-bond acceptors (Lipinski definition) is 6. The maximum atomic E-state index is 12.8. The summed E-state index contributed by atoms with van der Waals surface area (Å²) in [6.07, 6.45) is 0. The number of carbonyl (C=O) groups excluding carboxylic acids is 1. The fraction of sp³-hybridized carbons (Fsp3) is 0.111. The number of aromatic nitrogens is 4. The van der Waals surface area contributed by atoms with Crippen LogP contribution in [0, 0.1) is 13.8 Å². The van der Waals surface area contributed by atoms with E-state index in [1.54, 1.807) is 28.9 Å². The molecular formula is C18H16N6O2S. The molecule has 4 aromatic rings. The van der Waals surface area contributed by atoms with Crippen molar-refractivity contribution in [2.24, 2.45) is 0 Å². The van der Waals surface area contributed by atoms with Crippen molar-refractivity contribution in [2.45, 2.75) is 13.8 Å². The molecule has 0 saturated heterocycles. The van der Waals surface area contributed by atoms with Crippen LogP contribution < -0.4 is 16.7 Å². The van der Waals surface area contributed by atoms with Gasteiger partial charge in [0.25, 0.3) is 11.5 Å². The number of rotatable bonds is 3. The van der Waals surface area contributed by atoms with Crippen LogP contribution >= 0.6 is 11.3 Å². The van der Waals surface area contributed by atoms with Gasteiger partial charge in [0.1, 0.15) is 0 Å². The van der Waals surface area contributed by atoms with Crippen molar-refractivity contribution in [1.29, 1.82) is 0 Å². The Bertz CT molecular complexity index is 1240. The quantitative estimate of drug-likeness (QED) is 0.504. The van der Waals surface area contributed by atoms with Crippen molar-refractivity contribution in [1.82, 2.24) is 19.9 Å². The van der Waals surface area contributed by atoms with Gasteiger partial charge in [0, 0.05) is 27.7 Å². The first-order valence-corrected chi connectivity index (χ1v) is 9.03. The molecular weight excluding hydrogens is 364 g/mol. The third-order valence-electron chi connectivity index (χ3n) is 4.35. The van der Waals surface area contributed by atoms with E-state index >= 15 is 0 Å². The molecule has 1 aromatic carbocycles. The molecule has 0 aliphatic rings. The highest BCUT2D eigenvalue weighted by molar-refractivity contribution is 7.13. The number of hydrogen-bond donors (Lipinski definition) is 3. The van der Waals surface area contributed by atoms with E-state index < -0.39 is 5.91 Å². The van der Waals surface area contributed by atoms with Gasteiger partial charge in [-0.3, -0.25) is 19.7 Å². The van der Waals surface area contributed by atoms with Crippen LogP contribution in [0.2, 0.25) is 0 Å². The molecule has 4 N–H and O–H groups in total. The van der Waals surface area contributed by atoms with Crippen LogP contribution in [-0.2, 0) is 0 Å². The zero-order chi connectivity index (χ0) is 19.1. The molecule has 0 saturated carbocycles. The highest BCUT2D eigenvalue weighted by atomic mass is 32.1. The number of fused-ring (bicyclic) bond motifs is 1. The number of H-pyrrole nitrogens is 1. The number of aromatic amines is 1. The summed E-state index contributed by atoms with van der Waals surface area (Å²) in [7, 11) is 0. The first kappa shape index (κ1) is 17.0. The number of nitrogens with zero attached hydrogens (tertiary/aromatic N) is 3. The number of aryl methyl sites for hydroxylation is 1. The number of benzene rings is 1. The SMILES string of the molecule is Cc1cc(-c2csc(N)n2)c(C)n1NC(=O)c1n[nH]c(=O)c2ccccc12. The lowest BCUT2D eigenvalue weighted by atomic mass is 10.1. The second-order valence-electron chi connectivity index (χ2n) is 6.08. The normalized spacial score (nSPS) is 11.0. The van der Waals surface area contributed by atoms with Gasteiger partial charge in [0.15, 0.2) is 10.8 Å². The molecule has 0 spiro atoms. The van der Waals surface area contributed by atoms with Crippen LogP contribution in [0.25, 0.3) is 22.0 Å². The molecule has 0 aliphatic heterocycles. The fourth-order valence-electron chi connectivity index (χ4n) is 3.05. The van der Waals surface area contributed by atoms with Crippen LogP contribution in [0.3, 0.4) is 0 Å². The van der Waals surface area contributed by atoms with Gasteiger partial charge in [-0.1, -0.05) is 18.2 Å². The standard InChI is InChI=1S/C18H16N6O2S/c1-9-7-13(14-8-27-18(19)20-14)10(2)24(9)23-17(26)15-11-5-3-4-6-12(11)16(25)22-21-15/h3-8H,1-2H3,(H2,19,20)(H,22,25)(H,23,26). The van der Waals surface area contributed by atoms with Crippen molar-refractivity contribution < 1.29 is 4.79 Å². The van der Waals surface area contributed by atoms with Crippen molar-refractivity contribution in [3.8, 4) is 11.3 Å². The van der Waals surface area contributed by atoms with Crippen molar-refractivity contribution in [3.63, 3.8) is 0 Å². The van der Waals surface area contributed by atoms with E-state index in [0.717, 1.165) is 22.6 Å². The Morgan fingerprint density at radius 1 is 1.26 bits per heavy atom. The monoisotopic (exact) mass is 380 g/mol. The molecule has 1 amide bonds. The average Bonchev–Trinajstić information content (AvgIpc) is 3.20. The van der Waals surface area contributed by atoms with E-state index in [1.165, 1.54) is 11.3 Å². The van der Waals surface area contributed by atoms with E-state index in [0.29, 0.717) is 15.9 Å². The Hall–Kier alpha value is -3.46. The number of thiazole rings is 1. The Morgan fingerprint density at radius 2 is 2.00 bits per heavy atom. The third kappa shape index (κ3) is 2.87. The Labute approximate surface area is 157 Å². The van der Waals surface area contributed by atoms with Gasteiger partial charge in [0.2, 0.25) is 0 Å². The zero-order valence-corrected chi connectivity index (χ0v) is 15.4. The lowest BCUT2D eigenvalue weighted by molar-refractivity contribution is 0.100. The molecule has 3 heterocycles. The molecule has 0 aliphatic carbocycles. The highest BCUT2D eigenvalue weighted by Gasteiger charge is 2.18. The molecule has 3 aromatic heterocycles. The first-order chi connectivity index (χ1) is 13.0. The second-order valence-corrected chi connectivity index (χ2v) is 6.97. The molecule has 9 heteroatoms. The van der Waals surface area contributed by atoms with Crippen LogP contribution in [0.5, 0.6) is 0 Å². The van der Waals surface area contributed by atoms with Gasteiger partial charge in [-0.25, -0.2) is 10.1 Å². The molecule has 0 unspecified atom stereocenters. The summed E-state index contributed by atoms with van der Waals surface area (Å²) >= 11 is 1.36. The predicted octanol–water partition coefficient (Wildman–Crippen LogP) is 2.43. The minimum absolute atomic E-state index is 0.150. The number of nitrogen functional groups attached to an aromatic ring is 1. The van der Waals surface area contributed by atoms with Gasteiger partial charge in [-0.15, -0.1) is 11.3 Å². The second kappa shape index (κ2) is 6.36. The number of amides is 1. The summed E-state index contributed by atoms with van der Waals surface area (Å²) in [5.41, 5.74) is 11.7. The lowest BCUT2D eigenvalue weighted by Crippen LogP contribution is -2.27. The Kier molecular flexibility index (Phi) is 4.00. The summed E-state index contributed by atoms with van der Waals surface area (Å²) < 4.78 is 1.68. The Balaban J connectivity index is 1.73. The molecule has 27 heavy (non-hydrogen) atoms. The van der Waals surface area contributed by atoms with Crippen molar-refractivity contribution >= 4 is 33.1 Å². The van der Waals surface area contributed by atoms with Crippen LogP contribution in [0.1, 0.15) is 21.9 Å². The molecule has 0 atom stereocenters. The molecule has 4 rings (SSSR count). The topological polar surface area (TPSA) is 119 Å². The number of anilines is 1. The highest BCUT2D eigenvalue weighted by Crippen LogP contribution is 2.28.